The van der Waals surface area contributed by atoms with Gasteiger partial charge in [0.05, 0.1) is 12.0 Å². The van der Waals surface area contributed by atoms with Gasteiger partial charge in [-0.15, -0.1) is 4.91 Å². The molecule has 1 saturated heterocycles. The van der Waals surface area contributed by atoms with Crippen molar-refractivity contribution < 1.29 is 27.8 Å². The topological polar surface area (TPSA) is 167 Å². The van der Waals surface area contributed by atoms with Crippen molar-refractivity contribution in [2.24, 2.45) is 17.0 Å². The van der Waals surface area contributed by atoms with Crippen LogP contribution in [0.3, 0.4) is 0 Å². The third-order valence-electron chi connectivity index (χ3n) is 6.30. The normalized spacial score (nSPS) is 15.8. The molecule has 40 heavy (non-hydrogen) atoms. The Balaban J connectivity index is 0.000000598. The molecule has 12 nitrogen and oxygen atoms in total. The molecule has 1 aromatic carbocycles. The summed E-state index contributed by atoms with van der Waals surface area (Å²) < 4.78 is 38.0. The molecule has 1 aliphatic rings. The number of urea groups is 1. The minimum atomic E-state index is -3.80. The summed E-state index contributed by atoms with van der Waals surface area (Å²) in [4.78, 5) is 36.1. The molecule has 3 rings (SSSR count). The summed E-state index contributed by atoms with van der Waals surface area (Å²) in [6, 6.07) is 7.48. The van der Waals surface area contributed by atoms with Crippen LogP contribution in [0.5, 0.6) is 5.75 Å². The standard InChI is InChI=1S/C21H28N4O6S.C6H12O2/c1-15(2)14-25(32(29,30)19-7-5-18(31-3)6-8-19)11-10-17(23-21(27)24-28)12-16-4-9-20(26)22-13-16;7-3-1-6-2-4-8-5-6/h4-9,13,15,17H,10-12,14H2,1-3H3,(H,22,26)(H,23,27);6-7H,1-5H2/t17-;6-/m10/s1. The number of carbonyl (C=O) groups excluding carboxylic acids is 1. The van der Waals surface area contributed by atoms with Gasteiger partial charge in [0.2, 0.25) is 15.6 Å². The predicted molar refractivity (Wildman–Crippen MR) is 151 cm³/mol. The van der Waals surface area contributed by atoms with Crippen molar-refractivity contribution in [3.05, 3.63) is 63.4 Å². The van der Waals surface area contributed by atoms with Crippen LogP contribution in [0, 0.1) is 16.7 Å². The van der Waals surface area contributed by atoms with Crippen LogP contribution in [0.15, 0.2) is 57.5 Å². The Morgan fingerprint density at radius 2 is 1.98 bits per heavy atom. The van der Waals surface area contributed by atoms with Crippen molar-refractivity contribution in [3.63, 3.8) is 0 Å². The molecule has 2 aromatic rings. The summed E-state index contributed by atoms with van der Waals surface area (Å²) in [6.45, 7) is 6.28. The van der Waals surface area contributed by atoms with Crippen LogP contribution in [-0.4, -0.2) is 74.9 Å². The number of hydrogen-bond donors (Lipinski definition) is 3. The molecule has 0 saturated carbocycles. The van der Waals surface area contributed by atoms with E-state index in [2.05, 4.69) is 15.5 Å². The average molecular weight is 581 g/mol. The second-order valence-electron chi connectivity index (χ2n) is 9.97. The summed E-state index contributed by atoms with van der Waals surface area (Å²) in [5.74, 6) is 1.25. The molecule has 13 heteroatoms. The van der Waals surface area contributed by atoms with Gasteiger partial charge in [0.25, 0.3) is 0 Å². The highest BCUT2D eigenvalue weighted by Crippen LogP contribution is 2.21. The van der Waals surface area contributed by atoms with Gasteiger partial charge in [0, 0.05) is 56.4 Å². The fourth-order valence-corrected chi connectivity index (χ4v) is 5.81. The zero-order valence-electron chi connectivity index (χ0n) is 23.2. The largest absolute Gasteiger partial charge is 0.497 e. The third kappa shape index (κ3) is 11.2. The number of nitroso groups, excluding NO2 is 1. The van der Waals surface area contributed by atoms with E-state index < -0.39 is 22.1 Å². The molecule has 1 aromatic heterocycles. The van der Waals surface area contributed by atoms with Gasteiger partial charge in [-0.25, -0.2) is 13.2 Å². The molecule has 2 atom stereocenters. The number of sulfonamides is 1. The van der Waals surface area contributed by atoms with Gasteiger partial charge in [-0.2, -0.15) is 4.31 Å². The number of methoxy groups -OCH3 is 1. The molecule has 0 unspecified atom stereocenters. The van der Waals surface area contributed by atoms with Gasteiger partial charge in [-0.05, 0) is 67.3 Å². The maximum atomic E-state index is 13.2. The SMILES string of the molecule is COc1ccc(S(=O)(=O)N(CC[C@H](Cc2ccc(=O)[nH]c2)NC(=O)N=O)CC(C)C)cc1.OCC[C@H]1CCOC1. The second-order valence-corrected chi connectivity index (χ2v) is 11.9. The van der Waals surface area contributed by atoms with E-state index in [1.54, 1.807) is 18.2 Å². The van der Waals surface area contributed by atoms with Gasteiger partial charge in [-0.1, -0.05) is 19.9 Å². The number of aromatic nitrogens is 1. The number of H-pyrrole nitrogens is 1. The van der Waals surface area contributed by atoms with Gasteiger partial charge < -0.3 is 24.9 Å². The first kappa shape index (κ1) is 33.1. The Kier molecular flexibility index (Phi) is 13.9. The van der Waals surface area contributed by atoms with Crippen molar-refractivity contribution in [3.8, 4) is 5.75 Å². The molecule has 1 fully saturated rings. The number of aliphatic hydroxyl groups is 1. The van der Waals surface area contributed by atoms with E-state index in [9.17, 15) is 22.9 Å². The maximum Gasteiger partial charge on any atom is 0.378 e. The van der Waals surface area contributed by atoms with E-state index in [0.717, 1.165) is 26.1 Å². The number of aromatic amines is 1. The van der Waals surface area contributed by atoms with Crippen LogP contribution < -0.4 is 15.6 Å². The average Bonchev–Trinajstić information content (AvgIpc) is 3.45. The number of ether oxygens (including phenoxy) is 2. The van der Waals surface area contributed by atoms with E-state index in [-0.39, 0.29) is 42.3 Å². The molecule has 2 heterocycles. The number of aliphatic hydroxyl groups excluding tert-OH is 1. The number of nitrogens with one attached hydrogen (secondary N) is 2. The highest BCUT2D eigenvalue weighted by Gasteiger charge is 2.26. The molecule has 0 bridgehead atoms. The van der Waals surface area contributed by atoms with Crippen molar-refractivity contribution in [2.45, 2.75) is 50.5 Å². The number of nitrogens with zero attached hydrogens (tertiary/aromatic N) is 2. The molecular formula is C27H40N4O8S. The number of hydrogen-bond acceptors (Lipinski definition) is 8. The lowest BCUT2D eigenvalue weighted by Crippen LogP contribution is -2.41. The highest BCUT2D eigenvalue weighted by molar-refractivity contribution is 7.89. The first-order chi connectivity index (χ1) is 19.1. The fraction of sp³-hybridized carbons (Fsp3) is 0.556. The Labute approximate surface area is 235 Å². The predicted octanol–water partition coefficient (Wildman–Crippen LogP) is 2.91. The van der Waals surface area contributed by atoms with E-state index >= 15 is 0 Å². The summed E-state index contributed by atoms with van der Waals surface area (Å²) >= 11 is 0. The summed E-state index contributed by atoms with van der Waals surface area (Å²) in [5, 5.41) is 13.3. The molecule has 3 N–H and O–H groups in total. The highest BCUT2D eigenvalue weighted by atomic mass is 32.2. The summed E-state index contributed by atoms with van der Waals surface area (Å²) in [7, 11) is -2.30. The Morgan fingerprint density at radius 3 is 2.50 bits per heavy atom. The van der Waals surface area contributed by atoms with Crippen LogP contribution in [-0.2, 0) is 21.2 Å². The molecule has 0 radical (unpaired) electrons. The van der Waals surface area contributed by atoms with Crippen LogP contribution in [0.1, 0.15) is 38.7 Å². The maximum absolute atomic E-state index is 13.2. The van der Waals surface area contributed by atoms with E-state index in [0.29, 0.717) is 23.8 Å². The minimum absolute atomic E-state index is 0.0619. The van der Waals surface area contributed by atoms with E-state index in [1.165, 1.54) is 35.8 Å². The molecule has 1 aliphatic heterocycles. The smallest absolute Gasteiger partial charge is 0.378 e. The summed E-state index contributed by atoms with van der Waals surface area (Å²) in [5.41, 5.74) is 0.451. The molecule has 2 amide bonds. The van der Waals surface area contributed by atoms with Crippen molar-refractivity contribution >= 4 is 16.1 Å². The Bertz CT molecular complexity index is 1190. The molecular weight excluding hydrogens is 540 g/mol. The molecule has 222 valence electrons. The number of benzene rings is 1. The zero-order chi connectivity index (χ0) is 29.5. The van der Waals surface area contributed by atoms with Crippen LogP contribution in [0.2, 0.25) is 0 Å². The van der Waals surface area contributed by atoms with E-state index in [1.807, 2.05) is 13.8 Å². The Morgan fingerprint density at radius 1 is 1.25 bits per heavy atom. The molecule has 0 spiro atoms. The van der Waals surface area contributed by atoms with Gasteiger partial charge >= 0.3 is 6.03 Å². The van der Waals surface area contributed by atoms with Gasteiger partial charge in [-0.3, -0.25) is 4.79 Å². The third-order valence-corrected chi connectivity index (χ3v) is 8.17. The van der Waals surface area contributed by atoms with Crippen molar-refractivity contribution in [2.75, 3.05) is 40.0 Å². The van der Waals surface area contributed by atoms with Crippen molar-refractivity contribution in [1.29, 1.82) is 0 Å². The van der Waals surface area contributed by atoms with Gasteiger partial charge in [0.1, 0.15) is 5.75 Å². The Hall–Kier alpha value is -3.13. The minimum Gasteiger partial charge on any atom is -0.497 e. The van der Waals surface area contributed by atoms with Crippen LogP contribution >= 0.6 is 0 Å². The second kappa shape index (κ2) is 16.9. The van der Waals surface area contributed by atoms with Crippen LogP contribution in [0.25, 0.3) is 0 Å². The van der Waals surface area contributed by atoms with Crippen molar-refractivity contribution in [1.82, 2.24) is 14.6 Å². The number of pyridine rings is 1. The summed E-state index contributed by atoms with van der Waals surface area (Å²) in [6.07, 6.45) is 4.09. The number of carbonyl (C=O) groups is 1. The van der Waals surface area contributed by atoms with Crippen LogP contribution in [0.4, 0.5) is 4.79 Å². The quantitative estimate of drug-likeness (QED) is 0.304. The lowest BCUT2D eigenvalue weighted by molar-refractivity contribution is 0.175. The lowest BCUT2D eigenvalue weighted by Gasteiger charge is -2.26. The van der Waals surface area contributed by atoms with E-state index in [4.69, 9.17) is 14.6 Å². The lowest BCUT2D eigenvalue weighted by atomic mass is 10.0. The first-order valence-corrected chi connectivity index (χ1v) is 14.7. The number of rotatable bonds is 13. The first-order valence-electron chi connectivity index (χ1n) is 13.2. The molecule has 0 aliphatic carbocycles. The fourth-order valence-electron chi connectivity index (χ4n) is 4.19. The zero-order valence-corrected chi connectivity index (χ0v) is 24.1. The monoisotopic (exact) mass is 580 g/mol. The van der Waals surface area contributed by atoms with Gasteiger partial charge in [0.15, 0.2) is 0 Å². The number of amides is 2.